The summed E-state index contributed by atoms with van der Waals surface area (Å²) in [5.41, 5.74) is 0.966. The van der Waals surface area contributed by atoms with Crippen LogP contribution in [0.15, 0.2) is 6.07 Å². The Bertz CT molecular complexity index is 903. The second kappa shape index (κ2) is 5.93. The molecular formula is C16H19N5OS2. The first kappa shape index (κ1) is 15.7. The molecule has 3 aromatic rings. The van der Waals surface area contributed by atoms with E-state index in [1.54, 1.807) is 0 Å². The first-order valence-electron chi connectivity index (χ1n) is 8.13. The van der Waals surface area contributed by atoms with Gasteiger partial charge in [0.05, 0.1) is 10.6 Å². The van der Waals surface area contributed by atoms with Gasteiger partial charge in [-0.05, 0) is 31.7 Å². The zero-order valence-electron chi connectivity index (χ0n) is 13.9. The normalized spacial score (nSPS) is 14.7. The summed E-state index contributed by atoms with van der Waals surface area (Å²) < 4.78 is 2.01. The van der Waals surface area contributed by atoms with Crippen molar-refractivity contribution in [3.63, 3.8) is 0 Å². The van der Waals surface area contributed by atoms with Gasteiger partial charge in [0, 0.05) is 17.8 Å². The number of anilines is 1. The zero-order chi connectivity index (χ0) is 16.8. The maximum absolute atomic E-state index is 12.5. The summed E-state index contributed by atoms with van der Waals surface area (Å²) in [6.07, 6.45) is 2.37. The molecule has 0 aromatic carbocycles. The highest BCUT2D eigenvalue weighted by Crippen LogP contribution is 2.42. The first-order valence-corrected chi connectivity index (χ1v) is 9.76. The summed E-state index contributed by atoms with van der Waals surface area (Å²) in [5, 5.41) is 18.4. The smallest absolute Gasteiger partial charge is 0.267 e. The van der Waals surface area contributed by atoms with Crippen LogP contribution in [0.2, 0.25) is 0 Å². The number of hydrogen-bond acceptors (Lipinski definition) is 6. The highest BCUT2D eigenvalue weighted by atomic mass is 32.1. The minimum Gasteiger partial charge on any atom is -0.296 e. The summed E-state index contributed by atoms with van der Waals surface area (Å²) in [4.78, 5) is 14.3. The van der Waals surface area contributed by atoms with E-state index < -0.39 is 0 Å². The van der Waals surface area contributed by atoms with Gasteiger partial charge >= 0.3 is 0 Å². The number of rotatable bonds is 5. The standard InChI is InChI=1S/C16H19N5OS2/c1-8(2)7-21-15-11(9(3)20-21)6-12(23-15)13(22)17-16-19-18-14(24-16)10-4-5-10/h6,8,10H,4-5,7H2,1-3H3,(H,17,19,22). The summed E-state index contributed by atoms with van der Waals surface area (Å²) in [7, 11) is 0. The lowest BCUT2D eigenvalue weighted by molar-refractivity contribution is 0.103. The van der Waals surface area contributed by atoms with Crippen molar-refractivity contribution in [2.75, 3.05) is 5.32 Å². The van der Waals surface area contributed by atoms with Crippen LogP contribution in [-0.2, 0) is 6.54 Å². The van der Waals surface area contributed by atoms with Crippen LogP contribution in [0.1, 0.15) is 53.0 Å². The second-order valence-electron chi connectivity index (χ2n) is 6.66. The van der Waals surface area contributed by atoms with E-state index in [9.17, 15) is 4.79 Å². The molecule has 3 aromatic heterocycles. The molecule has 0 radical (unpaired) electrons. The lowest BCUT2D eigenvalue weighted by Crippen LogP contribution is -2.10. The molecule has 1 N–H and O–H groups in total. The number of nitrogens with zero attached hydrogens (tertiary/aromatic N) is 4. The maximum Gasteiger partial charge on any atom is 0.267 e. The van der Waals surface area contributed by atoms with Crippen LogP contribution < -0.4 is 5.32 Å². The van der Waals surface area contributed by atoms with Gasteiger partial charge < -0.3 is 0 Å². The third-order valence-electron chi connectivity index (χ3n) is 3.96. The molecule has 126 valence electrons. The van der Waals surface area contributed by atoms with Gasteiger partial charge in [-0.1, -0.05) is 25.2 Å². The number of hydrogen-bond donors (Lipinski definition) is 1. The summed E-state index contributed by atoms with van der Waals surface area (Å²) >= 11 is 2.97. The Morgan fingerprint density at radius 1 is 1.38 bits per heavy atom. The Kier molecular flexibility index (Phi) is 3.88. The number of carbonyl (C=O) groups excluding carboxylic acids is 1. The number of amides is 1. The van der Waals surface area contributed by atoms with Gasteiger partial charge in [0.15, 0.2) is 0 Å². The van der Waals surface area contributed by atoms with E-state index in [0.29, 0.717) is 21.8 Å². The number of carbonyl (C=O) groups is 1. The van der Waals surface area contributed by atoms with Gasteiger partial charge in [0.2, 0.25) is 5.13 Å². The molecule has 1 amide bonds. The first-order chi connectivity index (χ1) is 11.5. The lowest BCUT2D eigenvalue weighted by atomic mass is 10.2. The third kappa shape index (κ3) is 2.95. The van der Waals surface area contributed by atoms with Gasteiger partial charge in [-0.25, -0.2) is 0 Å². The topological polar surface area (TPSA) is 72.7 Å². The minimum absolute atomic E-state index is 0.120. The Morgan fingerprint density at radius 3 is 2.88 bits per heavy atom. The molecule has 1 fully saturated rings. The van der Waals surface area contributed by atoms with Gasteiger partial charge in [-0.2, -0.15) is 5.10 Å². The largest absolute Gasteiger partial charge is 0.296 e. The Balaban J connectivity index is 1.57. The Hall–Kier alpha value is -1.80. The highest BCUT2D eigenvalue weighted by Gasteiger charge is 2.28. The minimum atomic E-state index is -0.120. The predicted octanol–water partition coefficient (Wildman–Crippen LogP) is 4.04. The fourth-order valence-corrected chi connectivity index (χ4v) is 4.61. The van der Waals surface area contributed by atoms with E-state index in [2.05, 4.69) is 34.5 Å². The average Bonchev–Trinajstić information content (AvgIpc) is 3.00. The van der Waals surface area contributed by atoms with Crippen LogP contribution in [0, 0.1) is 12.8 Å². The van der Waals surface area contributed by atoms with E-state index in [1.807, 2.05) is 17.7 Å². The number of aromatic nitrogens is 4. The van der Waals surface area contributed by atoms with Crippen LogP contribution >= 0.6 is 22.7 Å². The molecule has 1 saturated carbocycles. The van der Waals surface area contributed by atoms with Gasteiger partial charge in [-0.3, -0.25) is 14.8 Å². The maximum atomic E-state index is 12.5. The molecule has 0 bridgehead atoms. The van der Waals surface area contributed by atoms with E-state index in [1.165, 1.54) is 35.5 Å². The molecule has 1 aliphatic carbocycles. The molecule has 1 aliphatic rings. The fraction of sp³-hybridized carbons (Fsp3) is 0.500. The van der Waals surface area contributed by atoms with Gasteiger partial charge in [0.1, 0.15) is 9.84 Å². The molecule has 0 aliphatic heterocycles. The van der Waals surface area contributed by atoms with Crippen LogP contribution in [0.25, 0.3) is 10.2 Å². The lowest BCUT2D eigenvalue weighted by Gasteiger charge is -2.04. The molecule has 0 atom stereocenters. The van der Waals surface area contributed by atoms with Crippen LogP contribution in [0.5, 0.6) is 0 Å². The molecule has 6 nitrogen and oxygen atoms in total. The molecule has 0 spiro atoms. The summed E-state index contributed by atoms with van der Waals surface area (Å²) in [5.74, 6) is 0.946. The Morgan fingerprint density at radius 2 is 2.17 bits per heavy atom. The van der Waals surface area contributed by atoms with E-state index in [0.717, 1.165) is 27.5 Å². The number of nitrogens with one attached hydrogen (secondary N) is 1. The molecule has 3 heterocycles. The third-order valence-corrected chi connectivity index (χ3v) is 6.11. The Labute approximate surface area is 147 Å². The van der Waals surface area contributed by atoms with Gasteiger partial charge in [-0.15, -0.1) is 21.5 Å². The summed E-state index contributed by atoms with van der Waals surface area (Å²) in [6, 6.07) is 1.93. The summed E-state index contributed by atoms with van der Waals surface area (Å²) in [6.45, 7) is 7.17. The van der Waals surface area contributed by atoms with E-state index in [-0.39, 0.29) is 5.91 Å². The van der Waals surface area contributed by atoms with Crippen molar-refractivity contribution in [2.24, 2.45) is 5.92 Å². The van der Waals surface area contributed by atoms with Crippen molar-refractivity contribution in [1.82, 2.24) is 20.0 Å². The number of thiophene rings is 1. The molecule has 24 heavy (non-hydrogen) atoms. The fourth-order valence-electron chi connectivity index (χ4n) is 2.63. The van der Waals surface area contributed by atoms with E-state index >= 15 is 0 Å². The van der Waals surface area contributed by atoms with Crippen molar-refractivity contribution < 1.29 is 4.79 Å². The SMILES string of the molecule is Cc1nn(CC(C)C)c2sc(C(=O)Nc3nnc(C4CC4)s3)cc12. The predicted molar refractivity (Wildman–Crippen MR) is 97.0 cm³/mol. The van der Waals surface area contributed by atoms with Crippen LogP contribution in [0.4, 0.5) is 5.13 Å². The monoisotopic (exact) mass is 361 g/mol. The zero-order valence-corrected chi connectivity index (χ0v) is 15.5. The second-order valence-corrected chi connectivity index (χ2v) is 8.70. The molecule has 0 saturated heterocycles. The van der Waals surface area contributed by atoms with Crippen molar-refractivity contribution in [3.8, 4) is 0 Å². The molecule has 8 heteroatoms. The van der Waals surface area contributed by atoms with E-state index in [4.69, 9.17) is 0 Å². The molecule has 4 rings (SSSR count). The van der Waals surface area contributed by atoms with Crippen LogP contribution in [-0.4, -0.2) is 25.9 Å². The quantitative estimate of drug-likeness (QED) is 0.744. The molecular weight excluding hydrogens is 342 g/mol. The number of aryl methyl sites for hydroxylation is 1. The van der Waals surface area contributed by atoms with Crippen molar-refractivity contribution in [3.05, 3.63) is 21.6 Å². The average molecular weight is 361 g/mol. The van der Waals surface area contributed by atoms with Crippen molar-refractivity contribution in [2.45, 2.75) is 46.1 Å². The molecule has 0 unspecified atom stereocenters. The van der Waals surface area contributed by atoms with Crippen molar-refractivity contribution >= 4 is 43.9 Å². The van der Waals surface area contributed by atoms with Crippen LogP contribution in [0.3, 0.4) is 0 Å². The van der Waals surface area contributed by atoms with Gasteiger partial charge in [0.25, 0.3) is 5.91 Å². The highest BCUT2D eigenvalue weighted by molar-refractivity contribution is 7.20. The number of fused-ring (bicyclic) bond motifs is 1. The van der Waals surface area contributed by atoms with Crippen molar-refractivity contribution in [1.29, 1.82) is 0 Å².